The molecular weight excluding hydrogens is 430 g/mol. The quantitative estimate of drug-likeness (QED) is 0.335. The summed E-state index contributed by atoms with van der Waals surface area (Å²) in [6, 6.07) is 0. The first kappa shape index (κ1) is 100. The summed E-state index contributed by atoms with van der Waals surface area (Å²) in [5.41, 5.74) is 0. The Hall–Kier alpha value is 2.71. The summed E-state index contributed by atoms with van der Waals surface area (Å²) >= 11 is 0. The molecule has 0 aliphatic heterocycles. The van der Waals surface area contributed by atoms with Crippen molar-refractivity contribution in [1.29, 1.82) is 0 Å². The van der Waals surface area contributed by atoms with E-state index in [0.717, 1.165) is 0 Å². The van der Waals surface area contributed by atoms with Gasteiger partial charge in [-0.2, -0.15) is 0 Å². The summed E-state index contributed by atoms with van der Waals surface area (Å²) in [4.78, 5) is 0. The molecule has 0 spiro atoms. The van der Waals surface area contributed by atoms with Gasteiger partial charge in [0, 0.05) is 0 Å². The third-order valence-corrected chi connectivity index (χ3v) is 0. The minimum Gasteiger partial charge on any atom is -1.00 e. The van der Waals surface area contributed by atoms with Gasteiger partial charge in [0.25, 0.3) is 0 Å². The first-order valence-electron chi connectivity index (χ1n) is 0. The van der Waals surface area contributed by atoms with Gasteiger partial charge in [0.2, 0.25) is 0 Å². The van der Waals surface area contributed by atoms with Crippen LogP contribution in [0.1, 0.15) is 0 Å². The summed E-state index contributed by atoms with van der Waals surface area (Å²) in [7, 11) is 0. The standard InChI is InChI=1S/Au.5ClH.Fe/h;5*1H;/q+3;;;;;;+2/p-5. The van der Waals surface area contributed by atoms with E-state index in [0.29, 0.717) is 0 Å². The maximum atomic E-state index is 0. The zero-order chi connectivity index (χ0) is 0. The SMILES string of the molecule is [Au+3].[Cl-].[Cl-].[Cl-].[Cl-].[Cl-].[Fe+2]. The van der Waals surface area contributed by atoms with Gasteiger partial charge < -0.3 is 62.0 Å². The van der Waals surface area contributed by atoms with Crippen LogP contribution in [-0.4, -0.2) is 0 Å². The fourth-order valence-electron chi connectivity index (χ4n) is 0. The van der Waals surface area contributed by atoms with E-state index in [2.05, 4.69) is 0 Å². The molecule has 0 unspecified atom stereocenters. The van der Waals surface area contributed by atoms with Crippen molar-refractivity contribution in [2.24, 2.45) is 0 Å². The molecule has 7 heteroatoms. The summed E-state index contributed by atoms with van der Waals surface area (Å²) in [6.45, 7) is 0. The molecule has 0 aromatic heterocycles. The molecule has 0 bridgehead atoms. The Balaban J connectivity index is 0. The van der Waals surface area contributed by atoms with E-state index in [9.17, 15) is 0 Å². The number of hydrogen-bond donors (Lipinski definition) is 0. The molecule has 0 amide bonds. The second-order valence-electron chi connectivity index (χ2n) is 0. The largest absolute Gasteiger partial charge is 3.00 e. The van der Waals surface area contributed by atoms with Gasteiger partial charge in [0.05, 0.1) is 0 Å². The van der Waals surface area contributed by atoms with E-state index in [1.807, 2.05) is 0 Å². The topological polar surface area (TPSA) is 0 Å². The fourth-order valence-corrected chi connectivity index (χ4v) is 0. The van der Waals surface area contributed by atoms with E-state index < -0.39 is 0 Å². The molecule has 0 aromatic rings. The van der Waals surface area contributed by atoms with Gasteiger partial charge in [0.1, 0.15) is 0 Å². The van der Waals surface area contributed by atoms with Crippen molar-refractivity contribution in [3.05, 3.63) is 0 Å². The van der Waals surface area contributed by atoms with E-state index in [1.165, 1.54) is 0 Å². The Bertz CT molecular complexity index is 8.04. The second-order valence-corrected chi connectivity index (χ2v) is 0. The number of rotatable bonds is 0. The summed E-state index contributed by atoms with van der Waals surface area (Å²) in [5.74, 6) is 0. The van der Waals surface area contributed by atoms with Crippen molar-refractivity contribution in [3.8, 4) is 0 Å². The zero-order valence-corrected chi connectivity index (χ0v) is 9.60. The van der Waals surface area contributed by atoms with Crippen LogP contribution in [-0.2, 0) is 39.4 Å². The van der Waals surface area contributed by atoms with Crippen LogP contribution in [0.15, 0.2) is 0 Å². The van der Waals surface area contributed by atoms with Crippen LogP contribution in [0.5, 0.6) is 0 Å². The normalized spacial score (nSPS) is 0. The molecule has 0 radical (unpaired) electrons. The van der Waals surface area contributed by atoms with Crippen molar-refractivity contribution in [2.75, 3.05) is 0 Å². The van der Waals surface area contributed by atoms with Gasteiger partial charge in [-0.1, -0.05) is 0 Å². The third kappa shape index (κ3) is 53.4. The van der Waals surface area contributed by atoms with E-state index in [-0.39, 0.29) is 101 Å². The van der Waals surface area contributed by atoms with E-state index in [4.69, 9.17) is 0 Å². The van der Waals surface area contributed by atoms with Crippen LogP contribution in [0.3, 0.4) is 0 Å². The van der Waals surface area contributed by atoms with Gasteiger partial charge in [-0.25, -0.2) is 0 Å². The summed E-state index contributed by atoms with van der Waals surface area (Å²) < 4.78 is 0. The molecule has 0 saturated heterocycles. The van der Waals surface area contributed by atoms with Crippen LogP contribution in [0, 0.1) is 0 Å². The molecule has 0 fully saturated rings. The molecule has 54 valence electrons. The fraction of sp³-hybridized carbons (Fsp3) is 0. The summed E-state index contributed by atoms with van der Waals surface area (Å²) in [5, 5.41) is 0. The van der Waals surface area contributed by atoms with Gasteiger partial charge in [0.15, 0.2) is 0 Å². The predicted octanol–water partition coefficient (Wildman–Crippen LogP) is -15.0. The van der Waals surface area contributed by atoms with Gasteiger partial charge in [-0.3, -0.25) is 0 Å². The number of hydrogen-bond acceptors (Lipinski definition) is 0. The van der Waals surface area contributed by atoms with E-state index in [1.54, 1.807) is 0 Å². The Morgan fingerprint density at radius 2 is 0.429 bits per heavy atom. The van der Waals surface area contributed by atoms with Crippen LogP contribution in [0.2, 0.25) is 0 Å². The molecule has 0 rings (SSSR count). The van der Waals surface area contributed by atoms with Gasteiger partial charge in [-0.05, 0) is 0 Å². The first-order chi connectivity index (χ1) is 0. The molecule has 0 atom stereocenters. The molecule has 0 heterocycles. The minimum absolute atomic E-state index is 0. The van der Waals surface area contributed by atoms with Crippen molar-refractivity contribution in [3.63, 3.8) is 0 Å². The Morgan fingerprint density at radius 3 is 0.429 bits per heavy atom. The van der Waals surface area contributed by atoms with Gasteiger partial charge in [-0.15, -0.1) is 0 Å². The maximum absolute atomic E-state index is 0. The molecule has 0 N–H and O–H groups in total. The van der Waals surface area contributed by atoms with Gasteiger partial charge >= 0.3 is 39.4 Å². The smallest absolute Gasteiger partial charge is 1.00 e. The average Bonchev–Trinajstić information content (AvgIpc) is 0. The molecule has 0 aliphatic rings. The van der Waals surface area contributed by atoms with Crippen molar-refractivity contribution < 1.29 is 101 Å². The molecule has 0 nitrogen and oxygen atoms in total. The Labute approximate surface area is 100 Å². The molecule has 0 aliphatic carbocycles. The first-order valence-corrected chi connectivity index (χ1v) is 0. The van der Waals surface area contributed by atoms with Crippen LogP contribution in [0.4, 0.5) is 0 Å². The van der Waals surface area contributed by atoms with Crippen molar-refractivity contribution in [2.45, 2.75) is 0 Å². The summed E-state index contributed by atoms with van der Waals surface area (Å²) in [6.07, 6.45) is 0. The van der Waals surface area contributed by atoms with Crippen LogP contribution < -0.4 is 62.0 Å². The monoisotopic (exact) mass is 428 g/mol. The van der Waals surface area contributed by atoms with Crippen LogP contribution in [0.25, 0.3) is 0 Å². The zero-order valence-electron chi connectivity index (χ0n) is 2.54. The third-order valence-electron chi connectivity index (χ3n) is 0. The second kappa shape index (κ2) is 70.5. The minimum atomic E-state index is 0. The average molecular weight is 430 g/mol. The molecular formula is AuCl5Fe. The molecule has 0 aromatic carbocycles. The van der Waals surface area contributed by atoms with Crippen LogP contribution >= 0.6 is 0 Å². The maximum Gasteiger partial charge on any atom is 3.00 e. The Kier molecular flexibility index (Phi) is 1010. The van der Waals surface area contributed by atoms with E-state index >= 15 is 0 Å². The van der Waals surface area contributed by atoms with Crippen molar-refractivity contribution >= 4 is 0 Å². The number of halogens is 5. The Morgan fingerprint density at radius 1 is 0.429 bits per heavy atom. The molecule has 0 saturated carbocycles. The van der Waals surface area contributed by atoms with Crippen molar-refractivity contribution in [1.82, 2.24) is 0 Å². The molecule has 7 heavy (non-hydrogen) atoms. The predicted molar refractivity (Wildman–Crippen MR) is 0 cm³/mol.